The summed E-state index contributed by atoms with van der Waals surface area (Å²) >= 11 is 0. The molecular weight excluding hydrogens is 428 g/mol. The average molecular weight is 457 g/mol. The highest BCUT2D eigenvalue weighted by Gasteiger charge is 2.18. The van der Waals surface area contributed by atoms with E-state index in [2.05, 4.69) is 31.2 Å². The summed E-state index contributed by atoms with van der Waals surface area (Å²) in [5.74, 6) is 1.08. The molecule has 5 rings (SSSR count). The molecular formula is C26H28N6O2. The van der Waals surface area contributed by atoms with Crippen LogP contribution in [-0.4, -0.2) is 52.3 Å². The first kappa shape index (κ1) is 22.3. The van der Waals surface area contributed by atoms with Crippen molar-refractivity contribution in [3.05, 3.63) is 60.0 Å². The lowest BCUT2D eigenvalue weighted by Gasteiger charge is -2.23. The van der Waals surface area contributed by atoms with Crippen molar-refractivity contribution < 1.29 is 9.47 Å². The van der Waals surface area contributed by atoms with Crippen LogP contribution in [0.3, 0.4) is 0 Å². The van der Waals surface area contributed by atoms with Gasteiger partial charge in [-0.2, -0.15) is 5.26 Å². The molecule has 2 fully saturated rings. The summed E-state index contributed by atoms with van der Waals surface area (Å²) in [5, 5.41) is 12.9. The summed E-state index contributed by atoms with van der Waals surface area (Å²) in [6, 6.07) is 13.7. The van der Waals surface area contributed by atoms with E-state index in [-0.39, 0.29) is 6.10 Å². The molecule has 2 aliphatic heterocycles. The first-order valence-electron chi connectivity index (χ1n) is 11.8. The predicted molar refractivity (Wildman–Crippen MR) is 129 cm³/mol. The number of hydrogen-bond donors (Lipinski definition) is 1. The van der Waals surface area contributed by atoms with Gasteiger partial charge in [-0.15, -0.1) is 0 Å². The van der Waals surface area contributed by atoms with Gasteiger partial charge in [-0.05, 0) is 62.3 Å². The molecule has 0 atom stereocenters. The normalized spacial score (nSPS) is 16.8. The molecule has 4 heterocycles. The van der Waals surface area contributed by atoms with Gasteiger partial charge >= 0.3 is 0 Å². The third-order valence-electron chi connectivity index (χ3n) is 6.18. The van der Waals surface area contributed by atoms with Crippen LogP contribution >= 0.6 is 0 Å². The number of anilines is 2. The molecule has 3 aromatic rings. The second kappa shape index (κ2) is 10.6. The van der Waals surface area contributed by atoms with E-state index < -0.39 is 0 Å². The van der Waals surface area contributed by atoms with Gasteiger partial charge in [0.25, 0.3) is 0 Å². The summed E-state index contributed by atoms with van der Waals surface area (Å²) in [7, 11) is 0. The molecule has 0 saturated carbocycles. The van der Waals surface area contributed by atoms with Crippen LogP contribution in [-0.2, 0) is 11.3 Å². The molecule has 0 spiro atoms. The first-order chi connectivity index (χ1) is 16.8. The third kappa shape index (κ3) is 5.50. The van der Waals surface area contributed by atoms with E-state index in [1.165, 1.54) is 12.8 Å². The van der Waals surface area contributed by atoms with Crippen molar-refractivity contribution in [3.8, 4) is 23.1 Å². The number of ether oxygens (including phenoxy) is 2. The van der Waals surface area contributed by atoms with Gasteiger partial charge in [-0.3, -0.25) is 9.88 Å². The molecule has 174 valence electrons. The number of likely N-dealkylation sites (tertiary alicyclic amines) is 1. The van der Waals surface area contributed by atoms with Crippen LogP contribution in [0.15, 0.2) is 48.8 Å². The SMILES string of the molecule is N#Cc1cc(-c2ccnc(Nc3ccc(CN4CCCC4)nc3)n2)ccc1OC1CCOCC1. The largest absolute Gasteiger partial charge is 0.489 e. The quantitative estimate of drug-likeness (QED) is 0.562. The molecule has 2 saturated heterocycles. The number of hydrogen-bond acceptors (Lipinski definition) is 8. The summed E-state index contributed by atoms with van der Waals surface area (Å²) < 4.78 is 11.5. The highest BCUT2D eigenvalue weighted by Crippen LogP contribution is 2.28. The number of aromatic nitrogens is 3. The van der Waals surface area contributed by atoms with Gasteiger partial charge in [0.15, 0.2) is 0 Å². The summed E-state index contributed by atoms with van der Waals surface area (Å²) in [5.41, 5.74) is 3.95. The van der Waals surface area contributed by atoms with Gasteiger partial charge in [0.2, 0.25) is 5.95 Å². The van der Waals surface area contributed by atoms with E-state index >= 15 is 0 Å². The third-order valence-corrected chi connectivity index (χ3v) is 6.18. The molecule has 8 nitrogen and oxygen atoms in total. The summed E-state index contributed by atoms with van der Waals surface area (Å²) in [6.07, 6.45) is 7.82. The van der Waals surface area contributed by atoms with E-state index in [0.717, 1.165) is 55.1 Å². The van der Waals surface area contributed by atoms with Crippen LogP contribution in [0.1, 0.15) is 36.9 Å². The molecule has 2 aliphatic rings. The summed E-state index contributed by atoms with van der Waals surface area (Å²) in [6.45, 7) is 4.58. The molecule has 1 aromatic carbocycles. The Kier molecular flexibility index (Phi) is 6.94. The second-order valence-electron chi connectivity index (χ2n) is 8.66. The molecule has 0 amide bonds. The molecule has 0 aliphatic carbocycles. The topological polar surface area (TPSA) is 96.2 Å². The second-order valence-corrected chi connectivity index (χ2v) is 8.66. The van der Waals surface area contributed by atoms with Crippen molar-refractivity contribution in [1.82, 2.24) is 19.9 Å². The lowest BCUT2D eigenvalue weighted by Crippen LogP contribution is -2.26. The molecule has 0 unspecified atom stereocenters. The van der Waals surface area contributed by atoms with Crippen LogP contribution in [0.25, 0.3) is 11.3 Å². The zero-order chi connectivity index (χ0) is 23.2. The van der Waals surface area contributed by atoms with Crippen LogP contribution in [0.2, 0.25) is 0 Å². The maximum absolute atomic E-state index is 9.67. The van der Waals surface area contributed by atoms with Crippen molar-refractivity contribution in [3.63, 3.8) is 0 Å². The Morgan fingerprint density at radius 3 is 2.71 bits per heavy atom. The van der Waals surface area contributed by atoms with Crippen molar-refractivity contribution >= 4 is 11.6 Å². The van der Waals surface area contributed by atoms with Gasteiger partial charge < -0.3 is 14.8 Å². The lowest BCUT2D eigenvalue weighted by atomic mass is 10.1. The van der Waals surface area contributed by atoms with Crippen LogP contribution in [0.4, 0.5) is 11.6 Å². The van der Waals surface area contributed by atoms with E-state index in [4.69, 9.17) is 9.47 Å². The average Bonchev–Trinajstić information content (AvgIpc) is 3.39. The molecule has 8 heteroatoms. The highest BCUT2D eigenvalue weighted by atomic mass is 16.5. The predicted octanol–water partition coefficient (Wildman–Crippen LogP) is 4.31. The van der Waals surface area contributed by atoms with Crippen LogP contribution in [0.5, 0.6) is 5.75 Å². The van der Waals surface area contributed by atoms with E-state index in [1.54, 1.807) is 6.20 Å². The molecule has 0 radical (unpaired) electrons. The fourth-order valence-corrected chi connectivity index (χ4v) is 4.32. The molecule has 34 heavy (non-hydrogen) atoms. The van der Waals surface area contributed by atoms with E-state index in [0.29, 0.717) is 30.5 Å². The van der Waals surface area contributed by atoms with E-state index in [1.807, 2.05) is 42.6 Å². The zero-order valence-corrected chi connectivity index (χ0v) is 19.1. The minimum absolute atomic E-state index is 0.0805. The van der Waals surface area contributed by atoms with Gasteiger partial charge in [0.1, 0.15) is 17.9 Å². The maximum atomic E-state index is 9.67. The Balaban J connectivity index is 1.27. The van der Waals surface area contributed by atoms with Gasteiger partial charge in [-0.25, -0.2) is 9.97 Å². The Morgan fingerprint density at radius 1 is 1.09 bits per heavy atom. The number of nitrogens with one attached hydrogen (secondary N) is 1. The zero-order valence-electron chi connectivity index (χ0n) is 19.1. The Morgan fingerprint density at radius 2 is 1.94 bits per heavy atom. The fourth-order valence-electron chi connectivity index (χ4n) is 4.32. The molecule has 2 aromatic heterocycles. The number of benzene rings is 1. The highest BCUT2D eigenvalue weighted by molar-refractivity contribution is 5.65. The van der Waals surface area contributed by atoms with Gasteiger partial charge in [0.05, 0.1) is 42.0 Å². The Hall–Kier alpha value is -3.54. The minimum Gasteiger partial charge on any atom is -0.489 e. The number of rotatable bonds is 7. The molecule has 0 bridgehead atoms. The van der Waals surface area contributed by atoms with Gasteiger partial charge in [-0.1, -0.05) is 0 Å². The number of nitrogens with zero attached hydrogens (tertiary/aromatic N) is 5. The summed E-state index contributed by atoms with van der Waals surface area (Å²) in [4.78, 5) is 16.0. The lowest BCUT2D eigenvalue weighted by molar-refractivity contribution is 0.0254. The standard InChI is InChI=1S/C26H28N6O2/c27-16-20-15-19(3-6-25(20)34-23-8-13-33-14-9-23)24-7-10-28-26(31-24)30-21-4-5-22(29-17-21)18-32-11-1-2-12-32/h3-7,10,15,17,23H,1-2,8-9,11-14,18H2,(H,28,30,31). The number of pyridine rings is 1. The van der Waals surface area contributed by atoms with Crippen molar-refractivity contribution in [2.45, 2.75) is 38.3 Å². The first-order valence-corrected chi connectivity index (χ1v) is 11.8. The Labute approximate surface area is 199 Å². The van der Waals surface area contributed by atoms with E-state index in [9.17, 15) is 5.26 Å². The number of nitriles is 1. The smallest absolute Gasteiger partial charge is 0.227 e. The minimum atomic E-state index is 0.0805. The van der Waals surface area contributed by atoms with Crippen LogP contribution < -0.4 is 10.1 Å². The van der Waals surface area contributed by atoms with Gasteiger partial charge in [0, 0.05) is 31.1 Å². The molecule has 1 N–H and O–H groups in total. The van der Waals surface area contributed by atoms with Crippen molar-refractivity contribution in [2.75, 3.05) is 31.6 Å². The van der Waals surface area contributed by atoms with Crippen molar-refractivity contribution in [1.29, 1.82) is 5.26 Å². The monoisotopic (exact) mass is 456 g/mol. The van der Waals surface area contributed by atoms with Crippen molar-refractivity contribution in [2.24, 2.45) is 0 Å². The Bertz CT molecular complexity index is 1150. The maximum Gasteiger partial charge on any atom is 0.227 e. The van der Waals surface area contributed by atoms with Crippen LogP contribution in [0, 0.1) is 11.3 Å². The fraction of sp³-hybridized carbons (Fsp3) is 0.385.